The highest BCUT2D eigenvalue weighted by atomic mass is 35.5. The van der Waals surface area contributed by atoms with Crippen LogP contribution in [0.1, 0.15) is 42.1 Å². The molecule has 1 aliphatic carbocycles. The monoisotopic (exact) mass is 455 g/mol. The molecule has 32 heavy (non-hydrogen) atoms. The molecule has 4 rings (SSSR count). The number of carbonyl (C=O) groups is 3. The lowest BCUT2D eigenvalue weighted by molar-refractivity contribution is -0.384. The zero-order chi connectivity index (χ0) is 23.0. The number of hydrogen-bond acceptors (Lipinski definition) is 5. The van der Waals surface area contributed by atoms with Crippen molar-refractivity contribution in [3.8, 4) is 0 Å². The number of hydrazine groups is 1. The summed E-state index contributed by atoms with van der Waals surface area (Å²) in [5, 5.41) is 13.6. The second kappa shape index (κ2) is 8.70. The lowest BCUT2D eigenvalue weighted by atomic mass is 9.76. The van der Waals surface area contributed by atoms with Crippen LogP contribution < -0.4 is 0 Å². The molecule has 2 fully saturated rings. The van der Waals surface area contributed by atoms with Gasteiger partial charge >= 0.3 is 0 Å². The van der Waals surface area contributed by atoms with E-state index in [-0.39, 0.29) is 17.8 Å². The van der Waals surface area contributed by atoms with Crippen LogP contribution in [0.2, 0.25) is 5.02 Å². The zero-order valence-corrected chi connectivity index (χ0v) is 18.2. The molecule has 0 spiro atoms. The Morgan fingerprint density at radius 3 is 2.56 bits per heavy atom. The number of halogens is 1. The Morgan fingerprint density at radius 2 is 1.84 bits per heavy atom. The Labute approximate surface area is 189 Å². The SMILES string of the molecule is C[C@@H]1CC[C@H]2C(=O)N(N(Cc3ccccc3Cl)C(=O)c3cccc([N+](=O)[O-])c3)C(=O)[C@H]2C1. The smallest absolute Gasteiger partial charge is 0.272 e. The Bertz CT molecular complexity index is 1100. The van der Waals surface area contributed by atoms with E-state index in [9.17, 15) is 24.5 Å². The number of carbonyl (C=O) groups excluding carboxylic acids is 3. The number of nitro benzene ring substituents is 1. The van der Waals surface area contributed by atoms with Crippen LogP contribution in [0.5, 0.6) is 0 Å². The summed E-state index contributed by atoms with van der Waals surface area (Å²) in [6.45, 7) is 1.93. The molecule has 0 unspecified atom stereocenters. The summed E-state index contributed by atoms with van der Waals surface area (Å²) >= 11 is 6.29. The van der Waals surface area contributed by atoms with Crippen LogP contribution in [0.15, 0.2) is 48.5 Å². The number of hydrogen-bond donors (Lipinski definition) is 0. The lowest BCUT2D eigenvalue weighted by Crippen LogP contribution is -2.49. The third-order valence-electron chi connectivity index (χ3n) is 6.22. The van der Waals surface area contributed by atoms with E-state index in [0.717, 1.165) is 22.5 Å². The van der Waals surface area contributed by atoms with Crippen LogP contribution in [0.3, 0.4) is 0 Å². The van der Waals surface area contributed by atoms with Crippen molar-refractivity contribution in [2.75, 3.05) is 0 Å². The fourth-order valence-electron chi connectivity index (χ4n) is 4.53. The molecule has 3 atom stereocenters. The van der Waals surface area contributed by atoms with E-state index in [0.29, 0.717) is 29.3 Å². The van der Waals surface area contributed by atoms with E-state index in [1.165, 1.54) is 18.2 Å². The van der Waals surface area contributed by atoms with Gasteiger partial charge in [-0.3, -0.25) is 24.5 Å². The van der Waals surface area contributed by atoms with Crippen molar-refractivity contribution in [2.45, 2.75) is 32.7 Å². The highest BCUT2D eigenvalue weighted by Crippen LogP contribution is 2.41. The van der Waals surface area contributed by atoms with Crippen molar-refractivity contribution >= 4 is 35.0 Å². The van der Waals surface area contributed by atoms with Gasteiger partial charge in [0, 0.05) is 22.7 Å². The third kappa shape index (κ3) is 3.98. The van der Waals surface area contributed by atoms with Crippen LogP contribution in [-0.2, 0) is 16.1 Å². The maximum atomic E-state index is 13.5. The van der Waals surface area contributed by atoms with E-state index in [1.807, 2.05) is 6.92 Å². The van der Waals surface area contributed by atoms with Gasteiger partial charge in [0.05, 0.1) is 23.3 Å². The quantitative estimate of drug-likeness (QED) is 0.381. The molecule has 2 aromatic rings. The van der Waals surface area contributed by atoms with Gasteiger partial charge in [-0.2, -0.15) is 5.01 Å². The van der Waals surface area contributed by atoms with Crippen molar-refractivity contribution < 1.29 is 19.3 Å². The van der Waals surface area contributed by atoms with E-state index in [4.69, 9.17) is 11.6 Å². The molecule has 0 aromatic heterocycles. The van der Waals surface area contributed by atoms with Gasteiger partial charge < -0.3 is 0 Å². The number of non-ortho nitro benzene ring substituents is 1. The Balaban J connectivity index is 1.74. The maximum absolute atomic E-state index is 13.5. The molecule has 2 aliphatic rings. The van der Waals surface area contributed by atoms with Crippen LogP contribution >= 0.6 is 11.6 Å². The average molecular weight is 456 g/mol. The van der Waals surface area contributed by atoms with E-state index < -0.39 is 34.5 Å². The van der Waals surface area contributed by atoms with Crippen LogP contribution in [-0.4, -0.2) is 32.7 Å². The topological polar surface area (TPSA) is 101 Å². The minimum Gasteiger partial charge on any atom is -0.272 e. The van der Waals surface area contributed by atoms with Gasteiger partial charge in [-0.05, 0) is 42.9 Å². The summed E-state index contributed by atoms with van der Waals surface area (Å²) in [5.74, 6) is -2.09. The number of rotatable bonds is 5. The molecule has 0 N–H and O–H groups in total. The summed E-state index contributed by atoms with van der Waals surface area (Å²) in [7, 11) is 0. The Kier molecular flexibility index (Phi) is 5.97. The Morgan fingerprint density at radius 1 is 1.12 bits per heavy atom. The van der Waals surface area contributed by atoms with E-state index in [2.05, 4.69) is 0 Å². The number of benzene rings is 2. The fraction of sp³-hybridized carbons (Fsp3) is 0.348. The summed E-state index contributed by atoms with van der Waals surface area (Å²) < 4.78 is 0. The first-order valence-electron chi connectivity index (χ1n) is 10.5. The molecule has 0 radical (unpaired) electrons. The lowest BCUT2D eigenvalue weighted by Gasteiger charge is -2.31. The first kappa shape index (κ1) is 22.0. The number of nitrogens with zero attached hydrogens (tertiary/aromatic N) is 3. The number of amides is 3. The molecule has 166 valence electrons. The molecular formula is C23H22ClN3O5. The van der Waals surface area contributed by atoms with Crippen molar-refractivity contribution in [1.29, 1.82) is 0 Å². The highest BCUT2D eigenvalue weighted by Gasteiger charge is 2.52. The standard InChI is InChI=1S/C23H22ClN3O5/c1-14-9-10-18-19(11-14)23(30)26(22(18)29)25(13-16-5-2-3-8-20(16)24)21(28)15-6-4-7-17(12-15)27(31)32/h2-8,12,14,18-19H,9-11,13H2,1H3/t14-,18-,19+/m1/s1. The molecule has 1 aliphatic heterocycles. The molecule has 1 heterocycles. The predicted octanol–water partition coefficient (Wildman–Crippen LogP) is 4.23. The molecule has 8 nitrogen and oxygen atoms in total. The molecule has 1 saturated heterocycles. The number of imide groups is 1. The third-order valence-corrected chi connectivity index (χ3v) is 6.59. The van der Waals surface area contributed by atoms with Crippen LogP contribution in [0.25, 0.3) is 0 Å². The maximum Gasteiger partial charge on any atom is 0.273 e. The summed E-state index contributed by atoms with van der Waals surface area (Å²) in [5.41, 5.74) is 0.307. The molecular weight excluding hydrogens is 434 g/mol. The van der Waals surface area contributed by atoms with Gasteiger partial charge in [-0.15, -0.1) is 0 Å². The van der Waals surface area contributed by atoms with Crippen molar-refractivity contribution in [3.05, 3.63) is 74.8 Å². The second-order valence-electron chi connectivity index (χ2n) is 8.38. The first-order chi connectivity index (χ1) is 15.3. The normalized spacial score (nSPS) is 22.6. The van der Waals surface area contributed by atoms with Crippen molar-refractivity contribution in [1.82, 2.24) is 10.0 Å². The number of nitro groups is 1. The molecule has 3 amide bonds. The molecule has 0 bridgehead atoms. The van der Waals surface area contributed by atoms with Gasteiger partial charge in [0.25, 0.3) is 23.4 Å². The first-order valence-corrected chi connectivity index (χ1v) is 10.8. The van der Waals surface area contributed by atoms with Crippen LogP contribution in [0.4, 0.5) is 5.69 Å². The second-order valence-corrected chi connectivity index (χ2v) is 8.79. The van der Waals surface area contributed by atoms with Gasteiger partial charge in [0.1, 0.15) is 0 Å². The fourth-order valence-corrected chi connectivity index (χ4v) is 4.73. The predicted molar refractivity (Wildman–Crippen MR) is 116 cm³/mol. The zero-order valence-electron chi connectivity index (χ0n) is 17.4. The number of fused-ring (bicyclic) bond motifs is 1. The molecule has 1 saturated carbocycles. The van der Waals surface area contributed by atoms with E-state index in [1.54, 1.807) is 24.3 Å². The summed E-state index contributed by atoms with van der Waals surface area (Å²) in [4.78, 5) is 50.6. The minimum atomic E-state index is -0.679. The summed E-state index contributed by atoms with van der Waals surface area (Å²) in [6, 6.07) is 12.1. The van der Waals surface area contributed by atoms with Gasteiger partial charge in [-0.25, -0.2) is 5.01 Å². The Hall–Kier alpha value is -3.26. The van der Waals surface area contributed by atoms with E-state index >= 15 is 0 Å². The summed E-state index contributed by atoms with van der Waals surface area (Å²) in [6.07, 6.45) is 2.03. The molecule has 9 heteroatoms. The van der Waals surface area contributed by atoms with Crippen LogP contribution in [0, 0.1) is 27.9 Å². The van der Waals surface area contributed by atoms with Crippen molar-refractivity contribution in [2.24, 2.45) is 17.8 Å². The van der Waals surface area contributed by atoms with Gasteiger partial charge in [-0.1, -0.05) is 42.8 Å². The van der Waals surface area contributed by atoms with Gasteiger partial charge in [0.15, 0.2) is 0 Å². The highest BCUT2D eigenvalue weighted by molar-refractivity contribution is 6.31. The van der Waals surface area contributed by atoms with Crippen molar-refractivity contribution in [3.63, 3.8) is 0 Å². The van der Waals surface area contributed by atoms with Gasteiger partial charge in [0.2, 0.25) is 0 Å². The minimum absolute atomic E-state index is 0.00935. The largest absolute Gasteiger partial charge is 0.273 e. The molecule has 2 aromatic carbocycles. The average Bonchev–Trinajstić information content (AvgIpc) is 3.02.